The molecule has 0 amide bonds. The molecular formula is C13H22N3O+. The molecule has 0 radical (unpaired) electrons. The van der Waals surface area contributed by atoms with Crippen LogP contribution in [0.15, 0.2) is 12.4 Å². The fourth-order valence-corrected chi connectivity index (χ4v) is 1.96. The minimum atomic E-state index is 0.440. The normalized spacial score (nSPS) is 10.4. The number of rotatable bonds is 8. The van der Waals surface area contributed by atoms with Gasteiger partial charge in [-0.2, -0.15) is 5.26 Å². The Morgan fingerprint density at radius 3 is 2.88 bits per heavy atom. The maximum atomic E-state index is 8.73. The van der Waals surface area contributed by atoms with E-state index in [0.717, 1.165) is 39.0 Å². The fourth-order valence-electron chi connectivity index (χ4n) is 1.96. The Kier molecular flexibility index (Phi) is 6.34. The number of ether oxygens (including phenoxy) is 1. The molecule has 17 heavy (non-hydrogen) atoms. The van der Waals surface area contributed by atoms with E-state index < -0.39 is 0 Å². The number of aromatic nitrogens is 2. The molecule has 1 aromatic rings. The Bertz CT molecular complexity index is 365. The lowest BCUT2D eigenvalue weighted by atomic mass is 10.3. The first-order valence-corrected chi connectivity index (χ1v) is 6.35. The number of nitrogens with zero attached hydrogens (tertiary/aromatic N) is 3. The molecule has 4 nitrogen and oxygen atoms in total. The van der Waals surface area contributed by atoms with Crippen molar-refractivity contribution in [1.82, 2.24) is 4.57 Å². The van der Waals surface area contributed by atoms with Gasteiger partial charge in [-0.05, 0) is 19.8 Å². The number of imidazole rings is 1. The summed E-state index contributed by atoms with van der Waals surface area (Å²) in [6.07, 6.45) is 7.23. The zero-order chi connectivity index (χ0) is 12.5. The van der Waals surface area contributed by atoms with Gasteiger partial charge < -0.3 is 4.74 Å². The summed E-state index contributed by atoms with van der Waals surface area (Å²) in [6, 6.07) is 2.19. The predicted octanol–water partition coefficient (Wildman–Crippen LogP) is 1.68. The summed E-state index contributed by atoms with van der Waals surface area (Å²) in [5, 5.41) is 8.73. The van der Waals surface area contributed by atoms with Crippen LogP contribution in [-0.4, -0.2) is 17.8 Å². The Labute approximate surface area is 103 Å². The van der Waals surface area contributed by atoms with Crippen LogP contribution in [0.3, 0.4) is 0 Å². The van der Waals surface area contributed by atoms with E-state index in [1.165, 1.54) is 5.82 Å². The van der Waals surface area contributed by atoms with Crippen LogP contribution < -0.4 is 4.57 Å². The molecule has 0 aliphatic rings. The summed E-state index contributed by atoms with van der Waals surface area (Å²) in [4.78, 5) is 0. The summed E-state index contributed by atoms with van der Waals surface area (Å²) in [7, 11) is 0. The van der Waals surface area contributed by atoms with Crippen LogP contribution in [0.4, 0.5) is 0 Å². The average Bonchev–Trinajstić information content (AvgIpc) is 2.72. The van der Waals surface area contributed by atoms with Crippen LogP contribution in [0, 0.1) is 11.3 Å². The number of hydrogen-bond acceptors (Lipinski definition) is 2. The van der Waals surface area contributed by atoms with Crippen LogP contribution in [0.2, 0.25) is 0 Å². The van der Waals surface area contributed by atoms with Crippen molar-refractivity contribution in [2.45, 2.75) is 46.2 Å². The molecule has 4 heteroatoms. The highest BCUT2D eigenvalue weighted by molar-refractivity contribution is 4.87. The number of aryl methyl sites for hydroxylation is 1. The highest BCUT2D eigenvalue weighted by Crippen LogP contribution is 1.98. The molecular weight excluding hydrogens is 214 g/mol. The predicted molar refractivity (Wildman–Crippen MR) is 65.3 cm³/mol. The summed E-state index contributed by atoms with van der Waals surface area (Å²) >= 11 is 0. The summed E-state index contributed by atoms with van der Waals surface area (Å²) in [5.74, 6) is 1.22. The van der Waals surface area contributed by atoms with Gasteiger partial charge in [-0.3, -0.25) is 0 Å². The van der Waals surface area contributed by atoms with Gasteiger partial charge in [-0.25, -0.2) is 9.13 Å². The van der Waals surface area contributed by atoms with Gasteiger partial charge in [0.05, 0.1) is 6.54 Å². The molecule has 0 aromatic carbocycles. The lowest BCUT2D eigenvalue weighted by molar-refractivity contribution is -0.704. The van der Waals surface area contributed by atoms with E-state index in [9.17, 15) is 0 Å². The van der Waals surface area contributed by atoms with Crippen molar-refractivity contribution in [2.24, 2.45) is 0 Å². The van der Waals surface area contributed by atoms with Gasteiger partial charge in [-0.15, -0.1) is 0 Å². The molecule has 1 heterocycles. The summed E-state index contributed by atoms with van der Waals surface area (Å²) in [5.41, 5.74) is 0. The average molecular weight is 236 g/mol. The van der Waals surface area contributed by atoms with Crippen molar-refractivity contribution in [1.29, 1.82) is 5.26 Å². The van der Waals surface area contributed by atoms with E-state index in [2.05, 4.69) is 23.8 Å². The first-order chi connectivity index (χ1) is 8.33. The third kappa shape index (κ3) is 4.20. The molecule has 1 aromatic heterocycles. The molecule has 0 aliphatic heterocycles. The maximum absolute atomic E-state index is 8.73. The zero-order valence-corrected chi connectivity index (χ0v) is 10.9. The highest BCUT2D eigenvalue weighted by Gasteiger charge is 2.13. The molecule has 0 atom stereocenters. The van der Waals surface area contributed by atoms with Crippen molar-refractivity contribution in [3.05, 3.63) is 18.2 Å². The van der Waals surface area contributed by atoms with E-state index in [4.69, 9.17) is 10.00 Å². The zero-order valence-electron chi connectivity index (χ0n) is 10.9. The van der Waals surface area contributed by atoms with Crippen LogP contribution in [0.5, 0.6) is 0 Å². The molecule has 0 N–H and O–H groups in total. The molecule has 1 rings (SSSR count). The minimum Gasteiger partial charge on any atom is -0.382 e. The number of unbranched alkanes of at least 4 members (excludes halogenated alkanes) is 1. The van der Waals surface area contributed by atoms with E-state index in [0.29, 0.717) is 6.54 Å². The Morgan fingerprint density at radius 1 is 1.41 bits per heavy atom. The van der Waals surface area contributed by atoms with Crippen LogP contribution >= 0.6 is 0 Å². The van der Waals surface area contributed by atoms with Gasteiger partial charge in [0.15, 0.2) is 6.54 Å². The largest absolute Gasteiger partial charge is 0.382 e. The first-order valence-electron chi connectivity index (χ1n) is 6.35. The van der Waals surface area contributed by atoms with Crippen LogP contribution in [0.25, 0.3) is 0 Å². The van der Waals surface area contributed by atoms with E-state index in [1.54, 1.807) is 0 Å². The second-order valence-electron chi connectivity index (χ2n) is 3.95. The molecule has 0 unspecified atom stereocenters. The summed E-state index contributed by atoms with van der Waals surface area (Å²) in [6.45, 7) is 7.24. The molecule has 0 bridgehead atoms. The second-order valence-corrected chi connectivity index (χ2v) is 3.95. The van der Waals surface area contributed by atoms with E-state index in [-0.39, 0.29) is 0 Å². The molecule has 0 saturated heterocycles. The Balaban J connectivity index is 2.45. The molecule has 94 valence electrons. The third-order valence-corrected chi connectivity index (χ3v) is 2.79. The number of hydrogen-bond donors (Lipinski definition) is 0. The minimum absolute atomic E-state index is 0.440. The van der Waals surface area contributed by atoms with Gasteiger partial charge in [0, 0.05) is 19.6 Å². The van der Waals surface area contributed by atoms with E-state index >= 15 is 0 Å². The van der Waals surface area contributed by atoms with Gasteiger partial charge >= 0.3 is 0 Å². The molecule has 0 aliphatic carbocycles. The van der Waals surface area contributed by atoms with E-state index in [1.807, 2.05) is 17.7 Å². The topological polar surface area (TPSA) is 41.8 Å². The van der Waals surface area contributed by atoms with Crippen molar-refractivity contribution >= 4 is 0 Å². The standard InChI is InChI=1S/C13H22N3O/c1-3-13-15(8-5-6-12-17-4-2)10-11-16(13)9-7-14/h10-11H,3-6,8-9,12H2,1-2H3/q+1. The van der Waals surface area contributed by atoms with Crippen LogP contribution in [-0.2, 0) is 24.2 Å². The quantitative estimate of drug-likeness (QED) is 0.509. The smallest absolute Gasteiger partial charge is 0.256 e. The van der Waals surface area contributed by atoms with Gasteiger partial charge in [0.2, 0.25) is 0 Å². The first kappa shape index (κ1) is 13.7. The van der Waals surface area contributed by atoms with Gasteiger partial charge in [0.25, 0.3) is 5.82 Å². The SMILES string of the molecule is CCOCCCC[n+]1ccn(CC#N)c1CC. The lowest BCUT2D eigenvalue weighted by Crippen LogP contribution is -2.37. The molecule has 0 saturated carbocycles. The fraction of sp³-hybridized carbons (Fsp3) is 0.692. The van der Waals surface area contributed by atoms with Crippen LogP contribution in [0.1, 0.15) is 32.5 Å². The number of nitriles is 1. The lowest BCUT2D eigenvalue weighted by Gasteiger charge is -2.02. The third-order valence-electron chi connectivity index (χ3n) is 2.79. The summed E-state index contributed by atoms with van der Waals surface area (Å²) < 4.78 is 9.57. The van der Waals surface area contributed by atoms with Crippen molar-refractivity contribution in [3.63, 3.8) is 0 Å². The monoisotopic (exact) mass is 236 g/mol. The molecule has 0 fully saturated rings. The maximum Gasteiger partial charge on any atom is 0.256 e. The van der Waals surface area contributed by atoms with Gasteiger partial charge in [-0.1, -0.05) is 6.92 Å². The highest BCUT2D eigenvalue weighted by atomic mass is 16.5. The van der Waals surface area contributed by atoms with Crippen molar-refractivity contribution in [3.8, 4) is 6.07 Å². The van der Waals surface area contributed by atoms with Crippen molar-refractivity contribution < 1.29 is 9.30 Å². The van der Waals surface area contributed by atoms with Gasteiger partial charge in [0.1, 0.15) is 18.5 Å². The van der Waals surface area contributed by atoms with Crippen molar-refractivity contribution in [2.75, 3.05) is 13.2 Å². The second kappa shape index (κ2) is 7.86. The Hall–Kier alpha value is -1.34. The molecule has 0 spiro atoms. The Morgan fingerprint density at radius 2 is 2.24 bits per heavy atom.